The molecule has 1 fully saturated rings. The Hall–Kier alpha value is 0.656. The van der Waals surface area contributed by atoms with E-state index in [-0.39, 0.29) is 51.4 Å². The molecule has 6 heteroatoms. The number of hydrogen-bond donors (Lipinski definition) is 0. The van der Waals surface area contributed by atoms with E-state index in [0.717, 1.165) is 58.9 Å². The molecule has 1 aliphatic heterocycles. The summed E-state index contributed by atoms with van der Waals surface area (Å²) in [5, 5.41) is 0. The SMILES string of the molecule is CC.CCCCOCCOCCOCCN1CCN(Cc2cc[c-]cc2)CC1.[K+]. The number of ether oxygens (including phenoxy) is 3. The Morgan fingerprint density at radius 3 is 1.90 bits per heavy atom. The van der Waals surface area contributed by atoms with Crippen molar-refractivity contribution in [2.24, 2.45) is 0 Å². The second-order valence-corrected chi connectivity index (χ2v) is 6.72. The van der Waals surface area contributed by atoms with Crippen LogP contribution < -0.4 is 51.4 Å². The van der Waals surface area contributed by atoms with Crippen molar-refractivity contribution in [3.63, 3.8) is 0 Å². The predicted molar refractivity (Wildman–Crippen MR) is 116 cm³/mol. The van der Waals surface area contributed by atoms with Crippen molar-refractivity contribution in [1.29, 1.82) is 0 Å². The second-order valence-electron chi connectivity index (χ2n) is 6.72. The minimum absolute atomic E-state index is 0. The van der Waals surface area contributed by atoms with Gasteiger partial charge in [-0.2, -0.15) is 30.3 Å². The van der Waals surface area contributed by atoms with Gasteiger partial charge in [0.05, 0.1) is 33.0 Å². The molecule has 162 valence electrons. The fraction of sp³-hybridized carbons (Fsp3) is 0.739. The molecule has 5 nitrogen and oxygen atoms in total. The summed E-state index contributed by atoms with van der Waals surface area (Å²) in [5.41, 5.74) is 1.37. The normalized spacial score (nSPS) is 14.7. The maximum absolute atomic E-state index is 5.68. The minimum atomic E-state index is 0. The van der Waals surface area contributed by atoms with Crippen LogP contribution >= 0.6 is 0 Å². The van der Waals surface area contributed by atoms with Crippen molar-refractivity contribution in [2.75, 3.05) is 72.4 Å². The van der Waals surface area contributed by atoms with E-state index < -0.39 is 0 Å². The Bertz CT molecular complexity index is 443. The van der Waals surface area contributed by atoms with E-state index >= 15 is 0 Å². The van der Waals surface area contributed by atoms with Crippen LogP contribution in [0.25, 0.3) is 0 Å². The fourth-order valence-corrected chi connectivity index (χ4v) is 2.94. The van der Waals surface area contributed by atoms with Crippen LogP contribution in [0.5, 0.6) is 0 Å². The van der Waals surface area contributed by atoms with E-state index in [9.17, 15) is 0 Å². The first kappa shape index (κ1) is 29.7. The molecule has 0 N–H and O–H groups in total. The molecule has 1 aromatic carbocycles. The third kappa shape index (κ3) is 16.0. The minimum Gasteiger partial charge on any atom is -0.379 e. The molecule has 0 saturated carbocycles. The molecule has 0 atom stereocenters. The second kappa shape index (κ2) is 21.9. The summed E-state index contributed by atoms with van der Waals surface area (Å²) in [6.45, 7) is 17.0. The van der Waals surface area contributed by atoms with E-state index in [0.29, 0.717) is 26.4 Å². The number of benzene rings is 1. The number of unbranched alkanes of at least 4 members (excludes halogenated alkanes) is 1. The average molecular weight is 433 g/mol. The standard InChI is InChI=1S/C21H35N2O3.C2H6.K/c1-2-3-14-24-16-18-26-19-17-25-15-13-22-9-11-23(12-10-22)20-21-7-5-4-6-8-21;1-2;/h5-8H,2-3,9-20H2,1H3;1-2H3;/q-1;;+1. The van der Waals surface area contributed by atoms with Crippen LogP contribution in [-0.2, 0) is 20.8 Å². The van der Waals surface area contributed by atoms with Crippen LogP contribution in [0.2, 0.25) is 0 Å². The van der Waals surface area contributed by atoms with Crippen LogP contribution in [0.15, 0.2) is 24.3 Å². The zero-order valence-electron chi connectivity index (χ0n) is 19.3. The van der Waals surface area contributed by atoms with Crippen LogP contribution in [0.1, 0.15) is 39.2 Å². The summed E-state index contributed by atoms with van der Waals surface area (Å²) >= 11 is 0. The molecule has 1 aliphatic rings. The molecule has 0 unspecified atom stereocenters. The predicted octanol–water partition coefficient (Wildman–Crippen LogP) is 0.484. The van der Waals surface area contributed by atoms with Gasteiger partial charge in [0.2, 0.25) is 0 Å². The van der Waals surface area contributed by atoms with Crippen molar-refractivity contribution in [3.8, 4) is 0 Å². The van der Waals surface area contributed by atoms with Gasteiger partial charge in [0, 0.05) is 45.9 Å². The van der Waals surface area contributed by atoms with Gasteiger partial charge in [-0.3, -0.25) is 9.80 Å². The molecule has 0 aliphatic carbocycles. The Balaban J connectivity index is 0.00000253. The number of rotatable bonds is 14. The van der Waals surface area contributed by atoms with E-state index in [2.05, 4.69) is 34.9 Å². The summed E-state index contributed by atoms with van der Waals surface area (Å²) in [6.07, 6.45) is 2.30. The third-order valence-electron chi connectivity index (χ3n) is 4.60. The maximum Gasteiger partial charge on any atom is 1.00 e. The zero-order chi connectivity index (χ0) is 20.3. The zero-order valence-corrected chi connectivity index (χ0v) is 22.5. The molecule has 29 heavy (non-hydrogen) atoms. The van der Waals surface area contributed by atoms with Gasteiger partial charge in [0.15, 0.2) is 0 Å². The summed E-state index contributed by atoms with van der Waals surface area (Å²) in [5.74, 6) is 0. The van der Waals surface area contributed by atoms with Gasteiger partial charge < -0.3 is 14.2 Å². The number of piperazine rings is 1. The van der Waals surface area contributed by atoms with E-state index in [4.69, 9.17) is 14.2 Å². The molecule has 0 radical (unpaired) electrons. The van der Waals surface area contributed by atoms with Crippen molar-refractivity contribution < 1.29 is 65.6 Å². The van der Waals surface area contributed by atoms with E-state index in [1.807, 2.05) is 26.0 Å². The van der Waals surface area contributed by atoms with Crippen LogP contribution in [0.3, 0.4) is 0 Å². The molecule has 0 aromatic heterocycles. The molecule has 1 aromatic rings. The molecule has 2 rings (SSSR count). The monoisotopic (exact) mass is 432 g/mol. The molecule has 0 spiro atoms. The molecule has 0 bridgehead atoms. The Kier molecular flexibility index (Phi) is 22.4. The fourth-order valence-electron chi connectivity index (χ4n) is 2.94. The Morgan fingerprint density at radius 1 is 0.793 bits per heavy atom. The van der Waals surface area contributed by atoms with Gasteiger partial charge in [-0.15, -0.1) is 5.56 Å². The number of hydrogen-bond acceptors (Lipinski definition) is 5. The number of nitrogens with zero attached hydrogens (tertiary/aromatic N) is 2. The molecular formula is C23H41KN2O3. The van der Waals surface area contributed by atoms with Crippen LogP contribution in [0.4, 0.5) is 0 Å². The van der Waals surface area contributed by atoms with Crippen molar-refractivity contribution in [1.82, 2.24) is 9.80 Å². The summed E-state index contributed by atoms with van der Waals surface area (Å²) in [6, 6.07) is 11.4. The quantitative estimate of drug-likeness (QED) is 0.243. The van der Waals surface area contributed by atoms with Gasteiger partial charge in [0.1, 0.15) is 0 Å². The first-order valence-electron chi connectivity index (χ1n) is 11.0. The summed E-state index contributed by atoms with van der Waals surface area (Å²) < 4.78 is 16.6. The first-order valence-corrected chi connectivity index (χ1v) is 11.0. The van der Waals surface area contributed by atoms with Gasteiger partial charge in [-0.1, -0.05) is 27.2 Å². The summed E-state index contributed by atoms with van der Waals surface area (Å²) in [7, 11) is 0. The largest absolute Gasteiger partial charge is 1.00 e. The van der Waals surface area contributed by atoms with Crippen LogP contribution in [0, 0.1) is 6.07 Å². The Labute approximate surface area is 221 Å². The van der Waals surface area contributed by atoms with Crippen molar-refractivity contribution >= 4 is 0 Å². The molecule has 0 amide bonds. The first-order chi connectivity index (χ1) is 13.9. The van der Waals surface area contributed by atoms with E-state index in [1.54, 1.807) is 0 Å². The topological polar surface area (TPSA) is 34.2 Å². The summed E-state index contributed by atoms with van der Waals surface area (Å²) in [4.78, 5) is 5.00. The molecular weight excluding hydrogens is 391 g/mol. The van der Waals surface area contributed by atoms with E-state index in [1.165, 1.54) is 12.0 Å². The smallest absolute Gasteiger partial charge is 0.379 e. The van der Waals surface area contributed by atoms with Crippen molar-refractivity contribution in [2.45, 2.75) is 40.2 Å². The average Bonchev–Trinajstić information content (AvgIpc) is 2.75. The molecule has 1 heterocycles. The third-order valence-corrected chi connectivity index (χ3v) is 4.60. The maximum atomic E-state index is 5.68. The van der Waals surface area contributed by atoms with Gasteiger partial charge in [0.25, 0.3) is 0 Å². The van der Waals surface area contributed by atoms with Gasteiger partial charge >= 0.3 is 51.4 Å². The Morgan fingerprint density at radius 2 is 1.31 bits per heavy atom. The molecule has 1 saturated heterocycles. The van der Waals surface area contributed by atoms with Gasteiger partial charge in [-0.25, -0.2) is 0 Å². The van der Waals surface area contributed by atoms with Crippen LogP contribution in [-0.4, -0.2) is 82.2 Å². The van der Waals surface area contributed by atoms with Crippen molar-refractivity contribution in [3.05, 3.63) is 35.9 Å². The van der Waals surface area contributed by atoms with Gasteiger partial charge in [-0.05, 0) is 6.42 Å².